The Morgan fingerprint density at radius 3 is 1.79 bits per heavy atom. The lowest BCUT2D eigenvalue weighted by atomic mass is 9.58. The van der Waals surface area contributed by atoms with Gasteiger partial charge in [0.15, 0.2) is 0 Å². The van der Waals surface area contributed by atoms with Crippen molar-refractivity contribution in [2.24, 2.45) is 16.7 Å². The van der Waals surface area contributed by atoms with Crippen LogP contribution in [0, 0.1) is 16.7 Å². The van der Waals surface area contributed by atoms with Gasteiger partial charge in [0.1, 0.15) is 5.41 Å². The van der Waals surface area contributed by atoms with Crippen LogP contribution in [0.25, 0.3) is 0 Å². The van der Waals surface area contributed by atoms with Gasteiger partial charge in [0, 0.05) is 0 Å². The largest absolute Gasteiger partial charge is 0.481 e. The Morgan fingerprint density at radius 2 is 1.58 bits per heavy atom. The van der Waals surface area contributed by atoms with E-state index in [0.717, 1.165) is 0 Å². The first-order valence-corrected chi connectivity index (χ1v) is 6.75. The molecule has 0 saturated carbocycles. The number of carboxylic acid groups (broad SMARTS) is 2. The molecule has 2 N–H and O–H groups in total. The molecule has 0 rings (SSSR count). The Hall–Kier alpha value is -1.32. The first kappa shape index (κ1) is 17.7. The van der Waals surface area contributed by atoms with Crippen LogP contribution in [0.15, 0.2) is 11.6 Å². The van der Waals surface area contributed by atoms with Crippen molar-refractivity contribution in [3.05, 3.63) is 11.6 Å². The number of allylic oxidation sites excluding steroid dienone is 1. The van der Waals surface area contributed by atoms with Crippen LogP contribution in [-0.4, -0.2) is 22.2 Å². The average molecular weight is 270 g/mol. The minimum atomic E-state index is -1.36. The van der Waals surface area contributed by atoms with Crippen molar-refractivity contribution in [1.82, 2.24) is 0 Å². The molecule has 0 fully saturated rings. The zero-order valence-electron chi connectivity index (χ0n) is 12.8. The monoisotopic (exact) mass is 270 g/mol. The molecule has 0 amide bonds. The Bertz CT molecular complexity index is 380. The summed E-state index contributed by atoms with van der Waals surface area (Å²) in [4.78, 5) is 23.5. The summed E-state index contributed by atoms with van der Waals surface area (Å²) in [6, 6.07) is 0. The number of carboxylic acids is 2. The van der Waals surface area contributed by atoms with Crippen molar-refractivity contribution in [3.8, 4) is 0 Å². The molecule has 19 heavy (non-hydrogen) atoms. The summed E-state index contributed by atoms with van der Waals surface area (Å²) in [6.45, 7) is 11.0. The van der Waals surface area contributed by atoms with Crippen LogP contribution in [0.3, 0.4) is 0 Å². The lowest BCUT2D eigenvalue weighted by Gasteiger charge is -2.43. The molecular weight excluding hydrogens is 244 g/mol. The third-order valence-corrected chi connectivity index (χ3v) is 4.12. The van der Waals surface area contributed by atoms with Gasteiger partial charge < -0.3 is 10.2 Å². The molecule has 0 aliphatic heterocycles. The van der Waals surface area contributed by atoms with Crippen LogP contribution >= 0.6 is 0 Å². The number of hydrogen-bond donors (Lipinski definition) is 2. The number of rotatable bonds is 7. The lowest BCUT2D eigenvalue weighted by Crippen LogP contribution is -2.47. The van der Waals surface area contributed by atoms with Crippen LogP contribution in [0.1, 0.15) is 54.4 Å². The summed E-state index contributed by atoms with van der Waals surface area (Å²) < 4.78 is 0. The van der Waals surface area contributed by atoms with Gasteiger partial charge in [0.25, 0.3) is 0 Å². The van der Waals surface area contributed by atoms with E-state index >= 15 is 0 Å². The summed E-state index contributed by atoms with van der Waals surface area (Å²) >= 11 is 0. The summed E-state index contributed by atoms with van der Waals surface area (Å²) in [7, 11) is 0. The highest BCUT2D eigenvalue weighted by Gasteiger charge is 2.53. The van der Waals surface area contributed by atoms with Gasteiger partial charge in [-0.15, -0.1) is 0 Å². The maximum atomic E-state index is 11.9. The molecule has 0 spiro atoms. The molecule has 4 heteroatoms. The standard InChI is InChI=1S/C15H26O4/c1-7-14(5,6)15(8-2,13(18)19)11(12(16)17)9-10(3)4/h9-10H,7-8H2,1-6H3,(H,16,17)(H,18,19). The summed E-state index contributed by atoms with van der Waals surface area (Å²) in [5, 5.41) is 19.2. The third-order valence-electron chi connectivity index (χ3n) is 4.12. The van der Waals surface area contributed by atoms with E-state index in [0.29, 0.717) is 6.42 Å². The van der Waals surface area contributed by atoms with E-state index in [1.165, 1.54) is 0 Å². The molecule has 0 aliphatic rings. The average Bonchev–Trinajstić information content (AvgIpc) is 2.27. The van der Waals surface area contributed by atoms with Crippen LogP contribution < -0.4 is 0 Å². The van der Waals surface area contributed by atoms with E-state index in [9.17, 15) is 19.8 Å². The molecule has 0 heterocycles. The van der Waals surface area contributed by atoms with Crippen molar-refractivity contribution < 1.29 is 19.8 Å². The molecule has 0 aromatic heterocycles. The van der Waals surface area contributed by atoms with Gasteiger partial charge in [-0.25, -0.2) is 4.79 Å². The number of aliphatic carboxylic acids is 2. The van der Waals surface area contributed by atoms with Crippen LogP contribution in [0.5, 0.6) is 0 Å². The Kier molecular flexibility index (Phi) is 5.79. The first-order valence-electron chi connectivity index (χ1n) is 6.75. The van der Waals surface area contributed by atoms with E-state index in [2.05, 4.69) is 0 Å². The fraction of sp³-hybridized carbons (Fsp3) is 0.733. The van der Waals surface area contributed by atoms with Gasteiger partial charge in [-0.3, -0.25) is 4.79 Å². The predicted molar refractivity (Wildman–Crippen MR) is 75.0 cm³/mol. The quantitative estimate of drug-likeness (QED) is 0.693. The fourth-order valence-electron chi connectivity index (χ4n) is 2.62. The number of carbonyl (C=O) groups is 2. The van der Waals surface area contributed by atoms with Crippen LogP contribution in [-0.2, 0) is 9.59 Å². The normalized spacial score (nSPS) is 16.3. The second-order valence-electron chi connectivity index (χ2n) is 5.93. The van der Waals surface area contributed by atoms with Crippen molar-refractivity contribution in [2.45, 2.75) is 54.4 Å². The van der Waals surface area contributed by atoms with Gasteiger partial charge in [0.05, 0.1) is 5.57 Å². The Labute approximate surface area is 115 Å². The highest BCUT2D eigenvalue weighted by Crippen LogP contribution is 2.50. The molecule has 0 aliphatic carbocycles. The van der Waals surface area contributed by atoms with E-state index < -0.39 is 22.8 Å². The predicted octanol–water partition coefficient (Wildman–Crippen LogP) is 3.57. The zero-order valence-corrected chi connectivity index (χ0v) is 12.8. The summed E-state index contributed by atoms with van der Waals surface area (Å²) in [6.07, 6.45) is 2.42. The van der Waals surface area contributed by atoms with Crippen molar-refractivity contribution >= 4 is 11.9 Å². The molecule has 1 atom stereocenters. The number of hydrogen-bond acceptors (Lipinski definition) is 2. The topological polar surface area (TPSA) is 74.6 Å². The molecule has 0 bridgehead atoms. The van der Waals surface area contributed by atoms with Crippen LogP contribution in [0.4, 0.5) is 0 Å². The van der Waals surface area contributed by atoms with Crippen molar-refractivity contribution in [2.75, 3.05) is 0 Å². The summed E-state index contributed by atoms with van der Waals surface area (Å²) in [5.74, 6) is -2.21. The fourth-order valence-corrected chi connectivity index (χ4v) is 2.62. The van der Waals surface area contributed by atoms with Gasteiger partial charge in [-0.05, 0) is 24.2 Å². The third kappa shape index (κ3) is 3.17. The van der Waals surface area contributed by atoms with Crippen molar-refractivity contribution in [1.29, 1.82) is 0 Å². The first-order chi connectivity index (χ1) is 8.56. The second-order valence-corrected chi connectivity index (χ2v) is 5.93. The van der Waals surface area contributed by atoms with Crippen molar-refractivity contribution in [3.63, 3.8) is 0 Å². The van der Waals surface area contributed by atoms with E-state index in [-0.39, 0.29) is 17.9 Å². The molecule has 110 valence electrons. The zero-order chi connectivity index (χ0) is 15.4. The maximum absolute atomic E-state index is 11.9. The van der Waals surface area contributed by atoms with E-state index in [4.69, 9.17) is 0 Å². The van der Waals surface area contributed by atoms with Gasteiger partial charge in [-0.1, -0.05) is 47.6 Å². The molecule has 1 unspecified atom stereocenters. The van der Waals surface area contributed by atoms with Gasteiger partial charge in [-0.2, -0.15) is 0 Å². The Balaban J connectivity index is 6.26. The summed E-state index contributed by atoms with van der Waals surface area (Å²) in [5.41, 5.74) is -1.99. The highest BCUT2D eigenvalue weighted by atomic mass is 16.4. The second kappa shape index (κ2) is 6.22. The van der Waals surface area contributed by atoms with Gasteiger partial charge >= 0.3 is 11.9 Å². The highest BCUT2D eigenvalue weighted by molar-refractivity contribution is 5.97. The van der Waals surface area contributed by atoms with Crippen LogP contribution in [0.2, 0.25) is 0 Å². The van der Waals surface area contributed by atoms with Gasteiger partial charge in [0.2, 0.25) is 0 Å². The molecule has 0 aromatic carbocycles. The molecule has 0 radical (unpaired) electrons. The van der Waals surface area contributed by atoms with E-state index in [1.54, 1.807) is 13.0 Å². The van der Waals surface area contributed by atoms with E-state index in [1.807, 2.05) is 34.6 Å². The molecular formula is C15H26O4. The molecule has 4 nitrogen and oxygen atoms in total. The SMILES string of the molecule is CCC(C)(C)C(CC)(C(=O)O)C(=CC(C)C)C(=O)O. The smallest absolute Gasteiger partial charge is 0.332 e. The minimum Gasteiger partial charge on any atom is -0.481 e. The minimum absolute atomic E-state index is 0.00403. The Morgan fingerprint density at radius 1 is 1.11 bits per heavy atom. The maximum Gasteiger partial charge on any atom is 0.332 e. The lowest BCUT2D eigenvalue weighted by molar-refractivity contribution is -0.157. The molecule has 0 aromatic rings. The molecule has 0 saturated heterocycles.